The average Bonchev–Trinajstić information content (AvgIpc) is 3.16. The lowest BCUT2D eigenvalue weighted by Gasteiger charge is -2.32. The number of unbranched alkanes of at least 4 members (excludes halogenated alkanes) is 2. The van der Waals surface area contributed by atoms with Crippen molar-refractivity contribution in [2.24, 2.45) is 15.8 Å². The molecule has 190 valence electrons. The molecule has 0 fully saturated rings. The van der Waals surface area contributed by atoms with E-state index in [1.165, 1.54) is 66.5 Å². The predicted molar refractivity (Wildman–Crippen MR) is 155 cm³/mol. The first-order valence-corrected chi connectivity index (χ1v) is 13.9. The zero-order chi connectivity index (χ0) is 25.5. The van der Waals surface area contributed by atoms with Crippen LogP contribution < -0.4 is 0 Å². The van der Waals surface area contributed by atoms with Crippen molar-refractivity contribution in [2.75, 3.05) is 6.54 Å². The van der Waals surface area contributed by atoms with Gasteiger partial charge in [-0.25, -0.2) is 4.99 Å². The normalized spacial score (nSPS) is 20.2. The van der Waals surface area contributed by atoms with Crippen LogP contribution in [-0.2, 0) is 6.54 Å². The van der Waals surface area contributed by atoms with Crippen molar-refractivity contribution in [3.05, 3.63) is 51.9 Å². The molecule has 0 aromatic carbocycles. The molecule has 0 unspecified atom stereocenters. The third kappa shape index (κ3) is 7.48. The van der Waals surface area contributed by atoms with Crippen molar-refractivity contribution < 1.29 is 0 Å². The van der Waals surface area contributed by atoms with Crippen molar-refractivity contribution in [1.82, 2.24) is 9.78 Å². The first-order valence-electron chi connectivity index (χ1n) is 13.5. The standard InChI is InChI=1S/C31H45N3S/c1-24-12-10-18-30(3,4)28(24)16-14-26-22-27(34(33-26)21-9-7-8-20-32-23-35)15-17-29-25(2)13-11-19-31(29,5)6/h14-17,22H,7-13,18-21H2,1-6H3. The van der Waals surface area contributed by atoms with Crippen LogP contribution in [0.4, 0.5) is 0 Å². The van der Waals surface area contributed by atoms with Crippen molar-refractivity contribution >= 4 is 29.5 Å². The highest BCUT2D eigenvalue weighted by Crippen LogP contribution is 2.42. The smallest absolute Gasteiger partial charge is 0.0857 e. The number of hydrogen-bond donors (Lipinski definition) is 0. The fourth-order valence-corrected chi connectivity index (χ4v) is 5.97. The number of isothiocyanates is 1. The highest BCUT2D eigenvalue weighted by Gasteiger charge is 2.27. The Kier molecular flexibility index (Phi) is 9.67. The summed E-state index contributed by atoms with van der Waals surface area (Å²) < 4.78 is 2.19. The fraction of sp³-hybridized carbons (Fsp3) is 0.613. The van der Waals surface area contributed by atoms with Crippen molar-refractivity contribution in [1.29, 1.82) is 0 Å². The number of aromatic nitrogens is 2. The lowest BCUT2D eigenvalue weighted by Crippen LogP contribution is -2.19. The summed E-state index contributed by atoms with van der Waals surface area (Å²) in [5.41, 5.74) is 8.76. The number of aryl methyl sites for hydroxylation is 1. The second kappa shape index (κ2) is 12.3. The maximum absolute atomic E-state index is 5.01. The molecule has 0 N–H and O–H groups in total. The lowest BCUT2D eigenvalue weighted by atomic mass is 9.72. The minimum atomic E-state index is 0.241. The van der Waals surface area contributed by atoms with Gasteiger partial charge in [-0.1, -0.05) is 51.0 Å². The molecule has 1 aromatic rings. The van der Waals surface area contributed by atoms with E-state index in [0.717, 1.165) is 38.0 Å². The maximum Gasteiger partial charge on any atom is 0.0857 e. The summed E-state index contributed by atoms with van der Waals surface area (Å²) in [5, 5.41) is 7.47. The van der Waals surface area contributed by atoms with E-state index < -0.39 is 0 Å². The number of rotatable bonds is 10. The third-order valence-electron chi connectivity index (χ3n) is 7.96. The van der Waals surface area contributed by atoms with Crippen LogP contribution in [0.15, 0.2) is 45.5 Å². The molecule has 4 heteroatoms. The molecule has 0 saturated heterocycles. The molecule has 2 aliphatic rings. The highest BCUT2D eigenvalue weighted by atomic mass is 32.1. The zero-order valence-electron chi connectivity index (χ0n) is 22.9. The minimum absolute atomic E-state index is 0.241. The molecule has 1 heterocycles. The van der Waals surface area contributed by atoms with Gasteiger partial charge in [-0.2, -0.15) is 5.10 Å². The van der Waals surface area contributed by atoms with Gasteiger partial charge >= 0.3 is 0 Å². The summed E-state index contributed by atoms with van der Waals surface area (Å²) in [6.07, 6.45) is 20.0. The van der Waals surface area contributed by atoms with E-state index in [0.29, 0.717) is 0 Å². The predicted octanol–water partition coefficient (Wildman–Crippen LogP) is 9.24. The molecular weight excluding hydrogens is 446 g/mol. The van der Waals surface area contributed by atoms with Gasteiger partial charge in [-0.05, 0) is 124 Å². The SMILES string of the molecule is CC1=C(C=Cc2cc(C=CC3=C(C)CCCC3(C)C)n(CCCCCN=C=S)n2)C(C)(C)CCC1. The molecule has 0 aliphatic heterocycles. The molecule has 3 nitrogen and oxygen atoms in total. The zero-order valence-corrected chi connectivity index (χ0v) is 23.7. The summed E-state index contributed by atoms with van der Waals surface area (Å²) >= 11 is 4.68. The van der Waals surface area contributed by atoms with Crippen molar-refractivity contribution in [2.45, 2.75) is 106 Å². The van der Waals surface area contributed by atoms with Crippen molar-refractivity contribution in [3.8, 4) is 0 Å². The van der Waals surface area contributed by atoms with Crippen LogP contribution in [0, 0.1) is 10.8 Å². The number of aliphatic imine (C=N–C) groups is 1. The Morgan fingerprint density at radius 2 is 1.51 bits per heavy atom. The third-order valence-corrected chi connectivity index (χ3v) is 8.09. The molecule has 0 radical (unpaired) electrons. The quantitative estimate of drug-likeness (QED) is 0.185. The van der Waals surface area contributed by atoms with E-state index in [2.05, 4.69) is 99.0 Å². The van der Waals surface area contributed by atoms with Gasteiger partial charge in [0.25, 0.3) is 0 Å². The van der Waals surface area contributed by atoms with E-state index in [1.807, 2.05) is 0 Å². The Labute approximate surface area is 219 Å². The van der Waals surface area contributed by atoms with E-state index >= 15 is 0 Å². The largest absolute Gasteiger partial charge is 0.265 e. The molecule has 0 bridgehead atoms. The van der Waals surface area contributed by atoms with Crippen LogP contribution in [0.2, 0.25) is 0 Å². The molecule has 35 heavy (non-hydrogen) atoms. The van der Waals surface area contributed by atoms with Gasteiger partial charge in [0.2, 0.25) is 0 Å². The Balaban J connectivity index is 1.84. The maximum atomic E-state index is 5.01. The van der Waals surface area contributed by atoms with E-state index in [4.69, 9.17) is 5.10 Å². The Morgan fingerprint density at radius 3 is 2.09 bits per heavy atom. The van der Waals surface area contributed by atoms with E-state index in [9.17, 15) is 0 Å². The van der Waals surface area contributed by atoms with Crippen LogP contribution in [0.1, 0.15) is 111 Å². The van der Waals surface area contributed by atoms with E-state index in [1.54, 1.807) is 0 Å². The monoisotopic (exact) mass is 491 g/mol. The fourth-order valence-electron chi connectivity index (χ4n) is 5.88. The average molecular weight is 492 g/mol. The Bertz CT molecular complexity index is 1050. The molecule has 0 amide bonds. The lowest BCUT2D eigenvalue weighted by molar-refractivity contribution is 0.377. The van der Waals surface area contributed by atoms with Crippen LogP contribution >= 0.6 is 12.2 Å². The number of allylic oxidation sites excluding steroid dienone is 6. The molecule has 2 aliphatic carbocycles. The summed E-state index contributed by atoms with van der Waals surface area (Å²) in [5.74, 6) is 0. The second-order valence-corrected chi connectivity index (χ2v) is 12.0. The number of nitrogens with zero attached hydrogens (tertiary/aromatic N) is 3. The molecule has 0 saturated carbocycles. The van der Waals surface area contributed by atoms with Crippen LogP contribution in [0.3, 0.4) is 0 Å². The Hall–Kier alpha value is -2.03. The van der Waals surface area contributed by atoms with Gasteiger partial charge in [-0.15, -0.1) is 0 Å². The van der Waals surface area contributed by atoms with Gasteiger partial charge in [0, 0.05) is 13.1 Å². The topological polar surface area (TPSA) is 30.2 Å². The molecule has 1 aromatic heterocycles. The van der Waals surface area contributed by atoms with Gasteiger partial charge in [0.05, 0.1) is 16.5 Å². The summed E-state index contributed by atoms with van der Waals surface area (Å²) in [6, 6.07) is 2.25. The van der Waals surface area contributed by atoms with Crippen molar-refractivity contribution in [3.63, 3.8) is 0 Å². The van der Waals surface area contributed by atoms with Gasteiger partial charge in [0.1, 0.15) is 0 Å². The van der Waals surface area contributed by atoms with E-state index in [-0.39, 0.29) is 10.8 Å². The molecule has 3 rings (SSSR count). The van der Waals surface area contributed by atoms with Crippen LogP contribution in [-0.4, -0.2) is 21.5 Å². The summed E-state index contributed by atoms with van der Waals surface area (Å²) in [6.45, 7) is 15.8. The van der Waals surface area contributed by atoms with Gasteiger partial charge in [-0.3, -0.25) is 4.68 Å². The number of hydrogen-bond acceptors (Lipinski definition) is 3. The molecule has 0 atom stereocenters. The van der Waals surface area contributed by atoms with Gasteiger partial charge in [0.15, 0.2) is 0 Å². The summed E-state index contributed by atoms with van der Waals surface area (Å²) in [4.78, 5) is 4.04. The first-order chi connectivity index (χ1) is 16.6. The number of thiocarbonyl (C=S) groups is 1. The second-order valence-electron chi connectivity index (χ2n) is 11.8. The molecule has 0 spiro atoms. The summed E-state index contributed by atoms with van der Waals surface area (Å²) in [7, 11) is 0. The highest BCUT2D eigenvalue weighted by molar-refractivity contribution is 7.78. The minimum Gasteiger partial charge on any atom is -0.265 e. The first kappa shape index (κ1) is 27.6. The molecular formula is C31H45N3S. The van der Waals surface area contributed by atoms with Crippen LogP contribution in [0.5, 0.6) is 0 Å². The Morgan fingerprint density at radius 1 is 0.914 bits per heavy atom. The van der Waals surface area contributed by atoms with Gasteiger partial charge < -0.3 is 0 Å². The van der Waals surface area contributed by atoms with Crippen LogP contribution in [0.25, 0.3) is 12.2 Å².